The normalized spacial score (nSPS) is 11.3. The maximum absolute atomic E-state index is 5.07. The van der Waals surface area contributed by atoms with Gasteiger partial charge in [-0.05, 0) is 84.4 Å². The minimum absolute atomic E-state index is 0.698. The van der Waals surface area contributed by atoms with Gasteiger partial charge in [0, 0.05) is 34.6 Å². The van der Waals surface area contributed by atoms with E-state index in [1.54, 1.807) is 6.20 Å². The summed E-state index contributed by atoms with van der Waals surface area (Å²) in [6, 6.07) is 66.8. The highest BCUT2D eigenvalue weighted by molar-refractivity contribution is 6.23. The molecule has 0 aliphatic carbocycles. The summed E-state index contributed by atoms with van der Waals surface area (Å²) in [5.74, 6) is 0.698. The van der Waals surface area contributed by atoms with E-state index in [4.69, 9.17) is 9.97 Å². The highest BCUT2D eigenvalue weighted by atomic mass is 14.9. The Morgan fingerprint density at radius 1 is 0.315 bits per heavy atom. The maximum Gasteiger partial charge on any atom is 0.160 e. The van der Waals surface area contributed by atoms with Crippen molar-refractivity contribution in [2.24, 2.45) is 0 Å². The van der Waals surface area contributed by atoms with Crippen molar-refractivity contribution in [3.05, 3.63) is 200 Å². The number of nitrogens with zero attached hydrogens (tertiary/aromatic N) is 3. The molecule has 0 fully saturated rings. The van der Waals surface area contributed by atoms with Crippen molar-refractivity contribution >= 4 is 32.3 Å². The van der Waals surface area contributed by atoms with Crippen LogP contribution in [0.3, 0.4) is 0 Å². The van der Waals surface area contributed by atoms with Crippen LogP contribution >= 0.6 is 0 Å². The number of fused-ring (bicyclic) bond motifs is 5. The molecule has 0 aliphatic heterocycles. The molecule has 3 nitrogen and oxygen atoms in total. The number of benzene rings is 8. The average molecular weight is 688 g/mol. The van der Waals surface area contributed by atoms with Crippen molar-refractivity contribution in [1.29, 1.82) is 0 Å². The fraction of sp³-hybridized carbons (Fsp3) is 0. The number of hydrogen-bond acceptors (Lipinski definition) is 3. The molecule has 0 aliphatic rings. The fourth-order valence-electron chi connectivity index (χ4n) is 7.64. The molecule has 0 amide bonds. The van der Waals surface area contributed by atoms with Crippen LogP contribution < -0.4 is 0 Å². The molecule has 10 aromatic rings. The van der Waals surface area contributed by atoms with Crippen LogP contribution in [0.25, 0.3) is 99.6 Å². The van der Waals surface area contributed by atoms with Gasteiger partial charge in [0.05, 0.1) is 11.4 Å². The third-order valence-electron chi connectivity index (χ3n) is 10.4. The van der Waals surface area contributed by atoms with Gasteiger partial charge in [0.25, 0.3) is 0 Å². The lowest BCUT2D eigenvalue weighted by atomic mass is 9.90. The zero-order valence-corrected chi connectivity index (χ0v) is 29.4. The smallest absolute Gasteiger partial charge is 0.160 e. The Kier molecular flexibility index (Phi) is 7.81. The van der Waals surface area contributed by atoms with Crippen molar-refractivity contribution in [1.82, 2.24) is 15.0 Å². The van der Waals surface area contributed by atoms with Crippen LogP contribution in [0.15, 0.2) is 200 Å². The molecule has 2 aromatic heterocycles. The monoisotopic (exact) mass is 687 g/mol. The van der Waals surface area contributed by atoms with Gasteiger partial charge in [-0.15, -0.1) is 0 Å². The maximum atomic E-state index is 5.07. The molecule has 3 heteroatoms. The topological polar surface area (TPSA) is 38.7 Å². The molecule has 0 unspecified atom stereocenters. The summed E-state index contributed by atoms with van der Waals surface area (Å²) in [6.07, 6.45) is 3.69. The van der Waals surface area contributed by atoms with Crippen LogP contribution in [0, 0.1) is 0 Å². The first-order valence-electron chi connectivity index (χ1n) is 18.2. The molecular formula is C51H33N3. The van der Waals surface area contributed by atoms with Crippen LogP contribution in [0.4, 0.5) is 0 Å². The van der Waals surface area contributed by atoms with Crippen molar-refractivity contribution in [2.75, 3.05) is 0 Å². The Morgan fingerprint density at radius 2 is 0.907 bits per heavy atom. The van der Waals surface area contributed by atoms with Gasteiger partial charge in [-0.1, -0.05) is 164 Å². The summed E-state index contributed by atoms with van der Waals surface area (Å²) >= 11 is 0. The second kappa shape index (κ2) is 13.4. The first kappa shape index (κ1) is 31.5. The third-order valence-corrected chi connectivity index (χ3v) is 10.4. The Bertz CT molecular complexity index is 2950. The molecule has 2 heterocycles. The van der Waals surface area contributed by atoms with Crippen LogP contribution in [0.2, 0.25) is 0 Å². The van der Waals surface area contributed by atoms with Crippen LogP contribution in [-0.2, 0) is 0 Å². The fourth-order valence-corrected chi connectivity index (χ4v) is 7.64. The van der Waals surface area contributed by atoms with E-state index < -0.39 is 0 Å². The minimum atomic E-state index is 0.698. The molecule has 54 heavy (non-hydrogen) atoms. The van der Waals surface area contributed by atoms with Crippen LogP contribution in [-0.4, -0.2) is 15.0 Å². The van der Waals surface area contributed by atoms with Gasteiger partial charge in [0.15, 0.2) is 5.82 Å². The molecule has 0 N–H and O–H groups in total. The summed E-state index contributed by atoms with van der Waals surface area (Å²) in [7, 11) is 0. The Balaban J connectivity index is 0.997. The predicted octanol–water partition coefficient (Wildman–Crippen LogP) is 13.3. The Hall–Kier alpha value is -7.23. The first-order chi connectivity index (χ1) is 26.7. The first-order valence-corrected chi connectivity index (χ1v) is 18.2. The second-order valence-corrected chi connectivity index (χ2v) is 13.7. The quantitative estimate of drug-likeness (QED) is 0.163. The van der Waals surface area contributed by atoms with Gasteiger partial charge in [-0.3, -0.25) is 4.98 Å². The van der Waals surface area contributed by atoms with E-state index in [1.807, 2.05) is 30.5 Å². The lowest BCUT2D eigenvalue weighted by Crippen LogP contribution is -1.96. The van der Waals surface area contributed by atoms with E-state index in [2.05, 4.69) is 169 Å². The van der Waals surface area contributed by atoms with E-state index >= 15 is 0 Å². The molecule has 0 saturated carbocycles. The van der Waals surface area contributed by atoms with Crippen molar-refractivity contribution < 1.29 is 0 Å². The summed E-state index contributed by atoms with van der Waals surface area (Å²) in [5, 5.41) is 7.68. The lowest BCUT2D eigenvalue weighted by Gasteiger charge is -2.14. The summed E-state index contributed by atoms with van der Waals surface area (Å²) in [6.45, 7) is 0. The van der Waals surface area contributed by atoms with Gasteiger partial charge in [-0.25, -0.2) is 9.97 Å². The van der Waals surface area contributed by atoms with E-state index in [9.17, 15) is 0 Å². The van der Waals surface area contributed by atoms with Crippen molar-refractivity contribution in [3.63, 3.8) is 0 Å². The molecule has 0 spiro atoms. The van der Waals surface area contributed by atoms with Crippen LogP contribution in [0.1, 0.15) is 0 Å². The molecule has 0 bridgehead atoms. The van der Waals surface area contributed by atoms with Crippen molar-refractivity contribution in [3.8, 4) is 67.3 Å². The van der Waals surface area contributed by atoms with Gasteiger partial charge in [-0.2, -0.15) is 0 Å². The highest BCUT2D eigenvalue weighted by Gasteiger charge is 2.14. The number of aromatic nitrogens is 3. The molecular weight excluding hydrogens is 655 g/mol. The van der Waals surface area contributed by atoms with Gasteiger partial charge >= 0.3 is 0 Å². The highest BCUT2D eigenvalue weighted by Crippen LogP contribution is 2.39. The van der Waals surface area contributed by atoms with Gasteiger partial charge < -0.3 is 0 Å². The molecule has 8 aromatic carbocycles. The number of pyridine rings is 1. The van der Waals surface area contributed by atoms with E-state index in [1.165, 1.54) is 49.0 Å². The zero-order chi connectivity index (χ0) is 35.8. The Labute approximate surface area is 313 Å². The molecule has 0 saturated heterocycles. The SMILES string of the molecule is c1ccc(-c2nc(-c3ccc(-c4ccc(-c5cc6ccc7ccccc7c6c6ccccc56)cc4)cc3)cc(-c3cccc(-c4cccnc4)c3)n2)cc1. The van der Waals surface area contributed by atoms with Crippen molar-refractivity contribution in [2.45, 2.75) is 0 Å². The van der Waals surface area contributed by atoms with Gasteiger partial charge in [0.2, 0.25) is 0 Å². The van der Waals surface area contributed by atoms with E-state index in [-0.39, 0.29) is 0 Å². The largest absolute Gasteiger partial charge is 0.264 e. The molecule has 0 atom stereocenters. The second-order valence-electron chi connectivity index (χ2n) is 13.7. The summed E-state index contributed by atoms with van der Waals surface area (Å²) in [4.78, 5) is 14.4. The summed E-state index contributed by atoms with van der Waals surface area (Å²) < 4.78 is 0. The van der Waals surface area contributed by atoms with Gasteiger partial charge in [0.1, 0.15) is 0 Å². The number of rotatable bonds is 6. The number of hydrogen-bond donors (Lipinski definition) is 0. The van der Waals surface area contributed by atoms with E-state index in [0.717, 1.165) is 44.8 Å². The molecule has 0 radical (unpaired) electrons. The van der Waals surface area contributed by atoms with E-state index in [0.29, 0.717) is 5.82 Å². The van der Waals surface area contributed by atoms with Crippen LogP contribution in [0.5, 0.6) is 0 Å². The Morgan fingerprint density at radius 3 is 1.67 bits per heavy atom. The molecule has 10 rings (SSSR count). The summed E-state index contributed by atoms with van der Waals surface area (Å²) in [5.41, 5.74) is 11.7. The predicted molar refractivity (Wildman–Crippen MR) is 225 cm³/mol. The lowest BCUT2D eigenvalue weighted by molar-refractivity contribution is 1.18. The average Bonchev–Trinajstić information content (AvgIpc) is 3.26. The standard InChI is InChI=1S/C51H33N3/c1-2-11-39(12-3-1)51-53-48(32-49(54-51)41-14-8-13-40(30-41)43-15-9-29-52-33-43)38-26-21-35(22-27-38)34-19-23-37(24-20-34)47-31-42-28-25-36-10-4-5-16-44(36)50(42)46-18-7-6-17-45(46)47/h1-33H. The third kappa shape index (κ3) is 5.78. The minimum Gasteiger partial charge on any atom is -0.264 e. The zero-order valence-electron chi connectivity index (χ0n) is 29.4. The molecule has 252 valence electrons.